The van der Waals surface area contributed by atoms with Gasteiger partial charge in [-0.25, -0.2) is 4.98 Å². The lowest BCUT2D eigenvalue weighted by Crippen LogP contribution is -2.16. The van der Waals surface area contributed by atoms with Crippen molar-refractivity contribution in [1.29, 1.82) is 0 Å². The molecule has 0 aliphatic rings. The van der Waals surface area contributed by atoms with Crippen molar-refractivity contribution >= 4 is 11.3 Å². The van der Waals surface area contributed by atoms with Gasteiger partial charge in [-0.3, -0.25) is 0 Å². The van der Waals surface area contributed by atoms with Gasteiger partial charge in [0.25, 0.3) is 0 Å². The SMILES string of the molecule is FC(F)(F)Oc1ccc(-c2cs[c]n2)cc1. The maximum absolute atomic E-state index is 11.9. The van der Waals surface area contributed by atoms with Crippen LogP contribution in [0.25, 0.3) is 11.3 Å². The first-order chi connectivity index (χ1) is 7.54. The van der Waals surface area contributed by atoms with Gasteiger partial charge in [-0.1, -0.05) is 0 Å². The summed E-state index contributed by atoms with van der Waals surface area (Å²) in [6.07, 6.45) is -4.66. The quantitative estimate of drug-likeness (QED) is 0.806. The van der Waals surface area contributed by atoms with Crippen LogP contribution in [-0.2, 0) is 0 Å². The molecule has 0 saturated carbocycles. The number of aromatic nitrogens is 1. The molecule has 0 unspecified atom stereocenters. The molecule has 2 rings (SSSR count). The van der Waals surface area contributed by atoms with Gasteiger partial charge in [0.05, 0.1) is 5.69 Å². The Morgan fingerprint density at radius 3 is 2.38 bits per heavy atom. The standard InChI is InChI=1S/C10H5F3NOS/c11-10(12,13)15-8-3-1-7(2-4-8)9-5-16-6-14-9/h1-5H. The van der Waals surface area contributed by atoms with E-state index in [0.29, 0.717) is 5.69 Å². The fourth-order valence-corrected chi connectivity index (χ4v) is 1.65. The molecule has 0 atom stereocenters. The number of ether oxygens (including phenoxy) is 1. The second-order valence-electron chi connectivity index (χ2n) is 2.90. The molecular formula is C10H5F3NOS. The maximum Gasteiger partial charge on any atom is 0.573 e. The Labute approximate surface area is 93.3 Å². The molecular weight excluding hydrogens is 239 g/mol. The van der Waals surface area contributed by atoms with Gasteiger partial charge < -0.3 is 4.74 Å². The van der Waals surface area contributed by atoms with E-state index in [-0.39, 0.29) is 5.75 Å². The molecule has 0 aliphatic heterocycles. The van der Waals surface area contributed by atoms with E-state index in [9.17, 15) is 13.2 Å². The summed E-state index contributed by atoms with van der Waals surface area (Å²) in [4.78, 5) is 3.92. The molecule has 0 N–H and O–H groups in total. The van der Waals surface area contributed by atoms with E-state index in [1.807, 2.05) is 0 Å². The summed E-state index contributed by atoms with van der Waals surface area (Å²) in [6.45, 7) is 0. The molecule has 0 saturated heterocycles. The van der Waals surface area contributed by atoms with Crippen LogP contribution in [0.5, 0.6) is 5.75 Å². The molecule has 83 valence electrons. The van der Waals surface area contributed by atoms with Crippen molar-refractivity contribution in [2.24, 2.45) is 0 Å². The fraction of sp³-hybridized carbons (Fsp3) is 0.100. The van der Waals surface area contributed by atoms with Gasteiger partial charge in [-0.2, -0.15) is 0 Å². The van der Waals surface area contributed by atoms with E-state index in [1.54, 1.807) is 5.38 Å². The molecule has 0 fully saturated rings. The Morgan fingerprint density at radius 1 is 1.19 bits per heavy atom. The van der Waals surface area contributed by atoms with Crippen molar-refractivity contribution < 1.29 is 17.9 Å². The average molecular weight is 244 g/mol. The summed E-state index contributed by atoms with van der Waals surface area (Å²) in [7, 11) is 0. The van der Waals surface area contributed by atoms with Gasteiger partial charge in [0.2, 0.25) is 0 Å². The first-order valence-electron chi connectivity index (χ1n) is 4.22. The highest BCUT2D eigenvalue weighted by atomic mass is 32.1. The lowest BCUT2D eigenvalue weighted by molar-refractivity contribution is -0.274. The highest BCUT2D eigenvalue weighted by Gasteiger charge is 2.30. The van der Waals surface area contributed by atoms with Crippen LogP contribution in [0.3, 0.4) is 0 Å². The molecule has 6 heteroatoms. The predicted octanol–water partition coefficient (Wildman–Crippen LogP) is 3.51. The maximum atomic E-state index is 11.9. The minimum absolute atomic E-state index is 0.240. The zero-order valence-corrected chi connectivity index (χ0v) is 8.60. The van der Waals surface area contributed by atoms with Crippen molar-refractivity contribution in [3.8, 4) is 17.0 Å². The Balaban J connectivity index is 2.17. The summed E-state index contributed by atoms with van der Waals surface area (Å²) < 4.78 is 39.4. The molecule has 0 aliphatic carbocycles. The fourth-order valence-electron chi connectivity index (χ4n) is 1.14. The van der Waals surface area contributed by atoms with Gasteiger partial charge >= 0.3 is 6.36 Å². The lowest BCUT2D eigenvalue weighted by Gasteiger charge is -2.08. The van der Waals surface area contributed by atoms with Crippen LogP contribution in [0.2, 0.25) is 0 Å². The van der Waals surface area contributed by atoms with Crippen molar-refractivity contribution in [3.05, 3.63) is 35.2 Å². The molecule has 1 aromatic heterocycles. The number of alkyl halides is 3. The molecule has 0 bridgehead atoms. The Hall–Kier alpha value is -1.56. The van der Waals surface area contributed by atoms with Gasteiger partial charge in [-0.05, 0) is 24.3 Å². The Bertz CT molecular complexity index is 450. The van der Waals surface area contributed by atoms with Crippen LogP contribution in [0.15, 0.2) is 29.6 Å². The van der Waals surface area contributed by atoms with Crippen LogP contribution in [-0.4, -0.2) is 11.3 Å². The molecule has 1 heterocycles. The second-order valence-corrected chi connectivity index (χ2v) is 3.55. The number of nitrogens with zero attached hydrogens (tertiary/aromatic N) is 1. The largest absolute Gasteiger partial charge is 0.573 e. The van der Waals surface area contributed by atoms with Crippen molar-refractivity contribution in [2.75, 3.05) is 0 Å². The van der Waals surface area contributed by atoms with Gasteiger partial charge in [0.1, 0.15) is 5.75 Å². The van der Waals surface area contributed by atoms with Crippen molar-refractivity contribution in [3.63, 3.8) is 0 Å². The second kappa shape index (κ2) is 4.13. The smallest absolute Gasteiger partial charge is 0.406 e. The Kier molecular flexibility index (Phi) is 2.82. The van der Waals surface area contributed by atoms with Gasteiger partial charge in [-0.15, -0.1) is 24.5 Å². The highest BCUT2D eigenvalue weighted by molar-refractivity contribution is 7.07. The minimum atomic E-state index is -4.66. The van der Waals surface area contributed by atoms with Crippen LogP contribution < -0.4 is 4.74 Å². The van der Waals surface area contributed by atoms with E-state index in [1.165, 1.54) is 35.6 Å². The topological polar surface area (TPSA) is 22.1 Å². The molecule has 16 heavy (non-hydrogen) atoms. The third kappa shape index (κ3) is 2.73. The zero-order valence-electron chi connectivity index (χ0n) is 7.78. The Morgan fingerprint density at radius 2 is 1.88 bits per heavy atom. The molecule has 2 nitrogen and oxygen atoms in total. The number of hydrogen-bond donors (Lipinski definition) is 0. The summed E-state index contributed by atoms with van der Waals surface area (Å²) >= 11 is 1.30. The van der Waals surface area contributed by atoms with E-state index >= 15 is 0 Å². The zero-order chi connectivity index (χ0) is 11.6. The summed E-state index contributed by atoms with van der Waals surface area (Å²) in [6, 6.07) is 5.54. The molecule has 1 aromatic carbocycles. The van der Waals surface area contributed by atoms with E-state index < -0.39 is 6.36 Å². The molecule has 0 spiro atoms. The molecule has 1 radical (unpaired) electrons. The summed E-state index contributed by atoms with van der Waals surface area (Å²) in [5.41, 5.74) is 4.07. The first kappa shape index (κ1) is 10.9. The third-order valence-corrected chi connectivity index (χ3v) is 2.31. The summed E-state index contributed by atoms with van der Waals surface area (Å²) in [5, 5.41) is 1.76. The summed E-state index contributed by atoms with van der Waals surface area (Å²) in [5.74, 6) is -0.240. The minimum Gasteiger partial charge on any atom is -0.406 e. The number of halogens is 3. The van der Waals surface area contributed by atoms with Crippen molar-refractivity contribution in [1.82, 2.24) is 4.98 Å². The van der Waals surface area contributed by atoms with Gasteiger partial charge in [0.15, 0.2) is 5.51 Å². The highest BCUT2D eigenvalue weighted by Crippen LogP contribution is 2.26. The number of hydrogen-bond acceptors (Lipinski definition) is 3. The van der Waals surface area contributed by atoms with Gasteiger partial charge in [0, 0.05) is 10.9 Å². The lowest BCUT2D eigenvalue weighted by atomic mass is 10.2. The molecule has 0 amide bonds. The first-order valence-corrected chi connectivity index (χ1v) is 5.10. The van der Waals surface area contributed by atoms with E-state index in [4.69, 9.17) is 0 Å². The van der Waals surface area contributed by atoms with E-state index in [0.717, 1.165) is 5.56 Å². The molecule has 2 aromatic rings. The number of thiazole rings is 1. The van der Waals surface area contributed by atoms with Crippen molar-refractivity contribution in [2.45, 2.75) is 6.36 Å². The number of rotatable bonds is 2. The van der Waals surface area contributed by atoms with Crippen LogP contribution in [0, 0.1) is 5.51 Å². The normalized spacial score (nSPS) is 11.4. The average Bonchev–Trinajstić information content (AvgIpc) is 2.69. The third-order valence-electron chi connectivity index (χ3n) is 1.77. The number of benzene rings is 1. The van der Waals surface area contributed by atoms with Crippen LogP contribution >= 0.6 is 11.3 Å². The monoisotopic (exact) mass is 244 g/mol. The van der Waals surface area contributed by atoms with Crippen LogP contribution in [0.4, 0.5) is 13.2 Å². The van der Waals surface area contributed by atoms with E-state index in [2.05, 4.69) is 15.2 Å². The predicted molar refractivity (Wildman–Crippen MR) is 53.1 cm³/mol. The van der Waals surface area contributed by atoms with Crippen LogP contribution in [0.1, 0.15) is 0 Å².